The second-order valence-electron chi connectivity index (χ2n) is 3.29. The molecular formula is C10H12BrNS. The van der Waals surface area contributed by atoms with Crippen LogP contribution in [0.4, 0.5) is 0 Å². The van der Waals surface area contributed by atoms with Gasteiger partial charge in [-0.15, -0.1) is 11.8 Å². The average molecular weight is 258 g/mol. The number of nitrogens with one attached hydrogen (secondary N) is 1. The molecule has 0 aromatic heterocycles. The molecule has 0 spiro atoms. The molecule has 0 unspecified atom stereocenters. The first-order chi connectivity index (χ1) is 6.34. The summed E-state index contributed by atoms with van der Waals surface area (Å²) in [4.78, 5) is 1.36. The molecule has 70 valence electrons. The van der Waals surface area contributed by atoms with Gasteiger partial charge in [-0.2, -0.15) is 0 Å². The Hall–Kier alpha value is 0.01000. The lowest BCUT2D eigenvalue weighted by atomic mass is 10.1. The number of hydrogen-bond donors (Lipinski definition) is 1. The van der Waals surface area contributed by atoms with Gasteiger partial charge in [0.15, 0.2) is 0 Å². The zero-order valence-corrected chi connectivity index (χ0v) is 9.70. The Kier molecular flexibility index (Phi) is 3.30. The van der Waals surface area contributed by atoms with Crippen molar-refractivity contribution in [3.05, 3.63) is 28.7 Å². The van der Waals surface area contributed by atoms with E-state index in [0.717, 1.165) is 5.92 Å². The number of rotatable bonds is 3. The first kappa shape index (κ1) is 9.56. The third-order valence-corrected chi connectivity index (χ3v) is 3.87. The number of hydrogen-bond acceptors (Lipinski definition) is 2. The molecule has 1 fully saturated rings. The van der Waals surface area contributed by atoms with E-state index in [2.05, 4.69) is 45.5 Å². The van der Waals surface area contributed by atoms with E-state index in [1.165, 1.54) is 28.2 Å². The maximum Gasteiger partial charge on any atom is 0.0186 e. The van der Waals surface area contributed by atoms with E-state index in [0.29, 0.717) is 0 Å². The highest BCUT2D eigenvalue weighted by molar-refractivity contribution is 9.10. The average Bonchev–Trinajstić information content (AvgIpc) is 2.01. The maximum absolute atomic E-state index is 3.47. The second kappa shape index (κ2) is 4.49. The summed E-state index contributed by atoms with van der Waals surface area (Å²) in [5, 5.41) is 3.29. The van der Waals surface area contributed by atoms with Gasteiger partial charge in [0.25, 0.3) is 0 Å². The van der Waals surface area contributed by atoms with E-state index in [1.807, 2.05) is 11.8 Å². The van der Waals surface area contributed by atoms with Crippen LogP contribution in [-0.2, 0) is 0 Å². The fourth-order valence-corrected chi connectivity index (χ4v) is 2.84. The van der Waals surface area contributed by atoms with Crippen LogP contribution in [0.1, 0.15) is 0 Å². The molecule has 1 N–H and O–H groups in total. The van der Waals surface area contributed by atoms with Crippen LogP contribution in [0.2, 0.25) is 0 Å². The quantitative estimate of drug-likeness (QED) is 0.837. The standard InChI is InChI=1S/C10H12BrNS/c11-9-2-1-3-10(4-9)13-7-8-5-12-6-8/h1-4,8,12H,5-7H2. The summed E-state index contributed by atoms with van der Waals surface area (Å²) in [6, 6.07) is 8.50. The fourth-order valence-electron chi connectivity index (χ4n) is 1.24. The summed E-state index contributed by atoms with van der Waals surface area (Å²) in [6.07, 6.45) is 0. The van der Waals surface area contributed by atoms with Crippen molar-refractivity contribution in [1.29, 1.82) is 0 Å². The third kappa shape index (κ3) is 2.73. The van der Waals surface area contributed by atoms with Crippen LogP contribution < -0.4 is 5.32 Å². The van der Waals surface area contributed by atoms with Gasteiger partial charge in [-0.05, 0) is 37.2 Å². The van der Waals surface area contributed by atoms with Gasteiger partial charge in [0.05, 0.1) is 0 Å². The molecule has 0 aliphatic carbocycles. The van der Waals surface area contributed by atoms with Gasteiger partial charge in [0, 0.05) is 15.1 Å². The van der Waals surface area contributed by atoms with Crippen molar-refractivity contribution in [3.8, 4) is 0 Å². The summed E-state index contributed by atoms with van der Waals surface area (Å²) < 4.78 is 1.17. The molecule has 0 atom stereocenters. The van der Waals surface area contributed by atoms with Crippen molar-refractivity contribution in [2.75, 3.05) is 18.8 Å². The number of thioether (sulfide) groups is 1. The zero-order valence-electron chi connectivity index (χ0n) is 7.29. The fraction of sp³-hybridized carbons (Fsp3) is 0.400. The zero-order chi connectivity index (χ0) is 9.10. The van der Waals surface area contributed by atoms with Crippen LogP contribution in [0.15, 0.2) is 33.6 Å². The lowest BCUT2D eigenvalue weighted by Crippen LogP contribution is -2.43. The van der Waals surface area contributed by atoms with Crippen LogP contribution in [0.5, 0.6) is 0 Å². The van der Waals surface area contributed by atoms with E-state index < -0.39 is 0 Å². The smallest absolute Gasteiger partial charge is 0.0186 e. The summed E-state index contributed by atoms with van der Waals surface area (Å²) in [7, 11) is 0. The molecule has 2 rings (SSSR count). The molecule has 0 bridgehead atoms. The van der Waals surface area contributed by atoms with Gasteiger partial charge >= 0.3 is 0 Å². The van der Waals surface area contributed by atoms with E-state index in [9.17, 15) is 0 Å². The Balaban J connectivity index is 1.86. The van der Waals surface area contributed by atoms with Crippen molar-refractivity contribution >= 4 is 27.7 Å². The summed E-state index contributed by atoms with van der Waals surface area (Å²) >= 11 is 5.42. The van der Waals surface area contributed by atoms with Gasteiger partial charge in [-0.1, -0.05) is 22.0 Å². The predicted octanol–water partition coefficient (Wildman–Crippen LogP) is 2.76. The third-order valence-electron chi connectivity index (χ3n) is 2.15. The second-order valence-corrected chi connectivity index (χ2v) is 5.30. The Morgan fingerprint density at radius 2 is 2.31 bits per heavy atom. The van der Waals surface area contributed by atoms with E-state index in [4.69, 9.17) is 0 Å². The largest absolute Gasteiger partial charge is 0.316 e. The van der Waals surface area contributed by atoms with Gasteiger partial charge in [0.1, 0.15) is 0 Å². The predicted molar refractivity (Wildman–Crippen MR) is 61.2 cm³/mol. The minimum absolute atomic E-state index is 0.879. The molecule has 0 saturated carbocycles. The summed E-state index contributed by atoms with van der Waals surface area (Å²) in [6.45, 7) is 2.39. The lowest BCUT2D eigenvalue weighted by Gasteiger charge is -2.26. The normalized spacial score (nSPS) is 17.0. The van der Waals surface area contributed by atoms with Gasteiger partial charge in [-0.25, -0.2) is 0 Å². The highest BCUT2D eigenvalue weighted by atomic mass is 79.9. The molecule has 1 aromatic rings. The topological polar surface area (TPSA) is 12.0 Å². The van der Waals surface area contributed by atoms with Crippen LogP contribution >= 0.6 is 27.7 Å². The van der Waals surface area contributed by atoms with Crippen LogP contribution in [0, 0.1) is 5.92 Å². The molecule has 1 saturated heterocycles. The highest BCUT2D eigenvalue weighted by Gasteiger charge is 2.16. The lowest BCUT2D eigenvalue weighted by molar-refractivity contribution is 0.385. The van der Waals surface area contributed by atoms with E-state index in [-0.39, 0.29) is 0 Å². The summed E-state index contributed by atoms with van der Waals surface area (Å²) in [5.41, 5.74) is 0. The minimum atomic E-state index is 0.879. The molecule has 0 radical (unpaired) electrons. The SMILES string of the molecule is Brc1cccc(SCC2CNC2)c1. The first-order valence-electron chi connectivity index (χ1n) is 4.44. The first-order valence-corrected chi connectivity index (χ1v) is 6.21. The minimum Gasteiger partial charge on any atom is -0.316 e. The molecule has 1 heterocycles. The van der Waals surface area contributed by atoms with Crippen LogP contribution in [0.25, 0.3) is 0 Å². The number of halogens is 1. The Morgan fingerprint density at radius 1 is 1.46 bits per heavy atom. The Morgan fingerprint density at radius 3 is 2.92 bits per heavy atom. The number of benzene rings is 1. The molecule has 3 heteroatoms. The van der Waals surface area contributed by atoms with Crippen molar-refractivity contribution in [2.24, 2.45) is 5.92 Å². The van der Waals surface area contributed by atoms with Crippen molar-refractivity contribution in [2.45, 2.75) is 4.90 Å². The monoisotopic (exact) mass is 257 g/mol. The molecule has 1 aliphatic heterocycles. The van der Waals surface area contributed by atoms with E-state index in [1.54, 1.807) is 0 Å². The van der Waals surface area contributed by atoms with Gasteiger partial charge < -0.3 is 5.32 Å². The molecule has 0 amide bonds. The van der Waals surface area contributed by atoms with Crippen molar-refractivity contribution in [1.82, 2.24) is 5.32 Å². The Bertz CT molecular complexity index is 286. The van der Waals surface area contributed by atoms with E-state index >= 15 is 0 Å². The molecule has 1 nitrogen and oxygen atoms in total. The Labute approximate surface area is 91.4 Å². The molecule has 1 aromatic carbocycles. The highest BCUT2D eigenvalue weighted by Crippen LogP contribution is 2.24. The summed E-state index contributed by atoms with van der Waals surface area (Å²) in [5.74, 6) is 2.12. The van der Waals surface area contributed by atoms with Crippen molar-refractivity contribution in [3.63, 3.8) is 0 Å². The van der Waals surface area contributed by atoms with Crippen LogP contribution in [0.3, 0.4) is 0 Å². The molecule has 13 heavy (non-hydrogen) atoms. The van der Waals surface area contributed by atoms with Gasteiger partial charge in [-0.3, -0.25) is 0 Å². The molecule has 1 aliphatic rings. The van der Waals surface area contributed by atoms with Crippen molar-refractivity contribution < 1.29 is 0 Å². The van der Waals surface area contributed by atoms with Gasteiger partial charge in [0.2, 0.25) is 0 Å². The van der Waals surface area contributed by atoms with Crippen LogP contribution in [-0.4, -0.2) is 18.8 Å². The maximum atomic E-state index is 3.47. The molecular weight excluding hydrogens is 246 g/mol.